The maximum Gasteiger partial charge on any atom is 0.416 e. The molecule has 0 spiro atoms. The number of para-hydroxylation sites is 1. The quantitative estimate of drug-likeness (QED) is 0.669. The van der Waals surface area contributed by atoms with Crippen LogP contribution in [0.5, 0.6) is 5.75 Å². The minimum atomic E-state index is -4.67. The van der Waals surface area contributed by atoms with Gasteiger partial charge in [-0.15, -0.1) is 0 Å². The number of benzene rings is 3. The monoisotopic (exact) mass is 371 g/mol. The van der Waals surface area contributed by atoms with E-state index in [9.17, 15) is 23.1 Å². The maximum absolute atomic E-state index is 13.4. The summed E-state index contributed by atoms with van der Waals surface area (Å²) in [7, 11) is 0. The van der Waals surface area contributed by atoms with E-state index in [0.717, 1.165) is 17.7 Å². The Morgan fingerprint density at radius 1 is 0.926 bits per heavy atom. The van der Waals surface area contributed by atoms with Gasteiger partial charge in [0.1, 0.15) is 5.75 Å². The Bertz CT molecular complexity index is 1030. The minimum Gasteiger partial charge on any atom is -0.507 e. The molecule has 0 aliphatic rings. The van der Waals surface area contributed by atoms with E-state index in [1.54, 1.807) is 43.3 Å². The van der Waals surface area contributed by atoms with Crippen LogP contribution < -0.4 is 5.73 Å². The topological polar surface area (TPSA) is 63.3 Å². The summed E-state index contributed by atoms with van der Waals surface area (Å²) in [5.41, 5.74) is 6.03. The fraction of sp³-hybridized carbons (Fsp3) is 0.0952. The average molecular weight is 371 g/mol. The van der Waals surface area contributed by atoms with Gasteiger partial charge in [0.05, 0.1) is 5.56 Å². The van der Waals surface area contributed by atoms with Crippen LogP contribution in [0, 0.1) is 6.92 Å². The molecule has 6 heteroatoms. The van der Waals surface area contributed by atoms with Crippen LogP contribution in [0.25, 0.3) is 22.3 Å². The van der Waals surface area contributed by atoms with Crippen molar-refractivity contribution in [3.05, 3.63) is 77.4 Å². The van der Waals surface area contributed by atoms with Crippen molar-refractivity contribution in [3.63, 3.8) is 0 Å². The lowest BCUT2D eigenvalue weighted by Gasteiger charge is -2.19. The number of phenols is 1. The van der Waals surface area contributed by atoms with Crippen LogP contribution in [-0.4, -0.2) is 11.0 Å². The van der Waals surface area contributed by atoms with Crippen molar-refractivity contribution >= 4 is 5.91 Å². The van der Waals surface area contributed by atoms with Crippen molar-refractivity contribution in [1.82, 2.24) is 0 Å². The Hall–Kier alpha value is -3.28. The third-order valence-electron chi connectivity index (χ3n) is 4.34. The Morgan fingerprint density at radius 2 is 1.52 bits per heavy atom. The zero-order valence-electron chi connectivity index (χ0n) is 14.3. The van der Waals surface area contributed by atoms with Gasteiger partial charge in [0.25, 0.3) is 0 Å². The number of carbonyl (C=O) groups is 1. The summed E-state index contributed by atoms with van der Waals surface area (Å²) in [6.45, 7) is 1.78. The first-order valence-electron chi connectivity index (χ1n) is 8.09. The van der Waals surface area contributed by atoms with Gasteiger partial charge >= 0.3 is 6.18 Å². The number of aromatic hydroxyl groups is 1. The molecule has 3 nitrogen and oxygen atoms in total. The van der Waals surface area contributed by atoms with Gasteiger partial charge in [-0.25, -0.2) is 0 Å². The molecule has 0 radical (unpaired) electrons. The number of amides is 1. The molecular formula is C21H16F3NO2. The molecule has 3 aromatic rings. The van der Waals surface area contributed by atoms with Crippen molar-refractivity contribution in [1.29, 1.82) is 0 Å². The van der Waals surface area contributed by atoms with Gasteiger partial charge in [-0.2, -0.15) is 13.2 Å². The molecule has 0 bridgehead atoms. The number of hydrogen-bond donors (Lipinski definition) is 2. The van der Waals surface area contributed by atoms with Crippen LogP contribution in [0.1, 0.15) is 21.5 Å². The summed E-state index contributed by atoms with van der Waals surface area (Å²) in [6, 6.07) is 14.7. The van der Waals surface area contributed by atoms with E-state index in [4.69, 9.17) is 5.73 Å². The normalized spacial score (nSPS) is 11.4. The molecule has 0 heterocycles. The fourth-order valence-corrected chi connectivity index (χ4v) is 3.06. The zero-order chi connectivity index (χ0) is 19.8. The number of halogens is 3. The fourth-order valence-electron chi connectivity index (χ4n) is 3.06. The van der Waals surface area contributed by atoms with E-state index >= 15 is 0 Å². The highest BCUT2D eigenvalue weighted by Crippen LogP contribution is 2.43. The number of aryl methyl sites for hydroxylation is 1. The third-order valence-corrected chi connectivity index (χ3v) is 4.34. The van der Waals surface area contributed by atoms with E-state index in [1.165, 1.54) is 12.1 Å². The summed E-state index contributed by atoms with van der Waals surface area (Å²) in [6.07, 6.45) is -4.67. The van der Waals surface area contributed by atoms with Gasteiger partial charge in [-0.1, -0.05) is 42.5 Å². The molecule has 3 N–H and O–H groups in total. The molecule has 138 valence electrons. The number of primary amides is 1. The van der Waals surface area contributed by atoms with E-state index in [0.29, 0.717) is 5.56 Å². The second-order valence-electron chi connectivity index (χ2n) is 6.14. The third kappa shape index (κ3) is 3.51. The van der Waals surface area contributed by atoms with Crippen molar-refractivity contribution in [2.24, 2.45) is 5.73 Å². The molecule has 0 saturated heterocycles. The summed E-state index contributed by atoms with van der Waals surface area (Å²) in [5, 5.41) is 10.2. The first-order valence-corrected chi connectivity index (χ1v) is 8.09. The summed E-state index contributed by atoms with van der Waals surface area (Å²) >= 11 is 0. The minimum absolute atomic E-state index is 0.0889. The van der Waals surface area contributed by atoms with Crippen LogP contribution in [0.4, 0.5) is 13.2 Å². The van der Waals surface area contributed by atoms with E-state index in [1.807, 2.05) is 0 Å². The highest BCUT2D eigenvalue weighted by molar-refractivity contribution is 6.05. The van der Waals surface area contributed by atoms with Crippen LogP contribution in [0.15, 0.2) is 60.7 Å². The highest BCUT2D eigenvalue weighted by atomic mass is 19.4. The lowest BCUT2D eigenvalue weighted by Crippen LogP contribution is -2.16. The largest absolute Gasteiger partial charge is 0.507 e. The highest BCUT2D eigenvalue weighted by Gasteiger charge is 2.33. The number of carbonyl (C=O) groups excluding carboxylic acids is 1. The molecule has 3 rings (SSSR count). The Morgan fingerprint density at radius 3 is 2.07 bits per heavy atom. The van der Waals surface area contributed by atoms with Gasteiger partial charge in [0.15, 0.2) is 0 Å². The van der Waals surface area contributed by atoms with Crippen molar-refractivity contribution in [2.45, 2.75) is 13.1 Å². The molecular weight excluding hydrogens is 355 g/mol. The number of alkyl halides is 3. The first-order chi connectivity index (χ1) is 12.7. The molecule has 27 heavy (non-hydrogen) atoms. The molecule has 0 atom stereocenters. The standard InChI is InChI=1S/C21H16F3NO2/c1-12-6-2-3-7-14(12)19-16(15-8-4-5-9-18(15)26)10-13(21(22,23)24)11-17(19)20(25)27/h2-11,26H,1H3,(H2,25,27). The Balaban J connectivity index is 2.48. The number of phenolic OH excluding ortho intramolecular Hbond substituents is 1. The molecule has 0 saturated carbocycles. The predicted octanol–water partition coefficient (Wildman–Crippen LogP) is 5.15. The molecule has 0 unspecified atom stereocenters. The maximum atomic E-state index is 13.4. The number of rotatable bonds is 3. The smallest absolute Gasteiger partial charge is 0.416 e. The number of nitrogens with two attached hydrogens (primary N) is 1. The predicted molar refractivity (Wildman–Crippen MR) is 97.2 cm³/mol. The summed E-state index contributed by atoms with van der Waals surface area (Å²) in [4.78, 5) is 12.0. The summed E-state index contributed by atoms with van der Waals surface area (Å²) < 4.78 is 40.3. The van der Waals surface area contributed by atoms with Crippen molar-refractivity contribution in [2.75, 3.05) is 0 Å². The lowest BCUT2D eigenvalue weighted by molar-refractivity contribution is -0.137. The van der Waals surface area contributed by atoms with Crippen LogP contribution in [-0.2, 0) is 6.18 Å². The molecule has 0 aromatic heterocycles. The van der Waals surface area contributed by atoms with Crippen LogP contribution in [0.3, 0.4) is 0 Å². The number of hydrogen-bond acceptors (Lipinski definition) is 2. The molecule has 0 aliphatic carbocycles. The van der Waals surface area contributed by atoms with Gasteiger partial charge in [-0.3, -0.25) is 4.79 Å². The van der Waals surface area contributed by atoms with Crippen molar-refractivity contribution < 1.29 is 23.1 Å². The van der Waals surface area contributed by atoms with E-state index in [2.05, 4.69) is 0 Å². The Kier molecular flexibility index (Phi) is 4.66. The average Bonchev–Trinajstić information content (AvgIpc) is 2.61. The van der Waals surface area contributed by atoms with Crippen LogP contribution in [0.2, 0.25) is 0 Å². The van der Waals surface area contributed by atoms with Gasteiger partial charge in [-0.05, 0) is 41.8 Å². The molecule has 0 aliphatic heterocycles. The van der Waals surface area contributed by atoms with Crippen molar-refractivity contribution in [3.8, 4) is 28.0 Å². The SMILES string of the molecule is Cc1ccccc1-c1c(C(N)=O)cc(C(F)(F)F)cc1-c1ccccc1O. The molecule has 1 amide bonds. The molecule has 3 aromatic carbocycles. The van der Waals surface area contributed by atoms with E-state index < -0.39 is 17.6 Å². The van der Waals surface area contributed by atoms with Gasteiger partial charge in [0, 0.05) is 16.7 Å². The first kappa shape index (κ1) is 18.5. The molecule has 0 fully saturated rings. The second kappa shape index (κ2) is 6.79. The van der Waals surface area contributed by atoms with Gasteiger partial charge in [0.2, 0.25) is 5.91 Å². The summed E-state index contributed by atoms with van der Waals surface area (Å²) in [5.74, 6) is -1.17. The zero-order valence-corrected chi connectivity index (χ0v) is 14.3. The van der Waals surface area contributed by atoms with Crippen LogP contribution >= 0.6 is 0 Å². The van der Waals surface area contributed by atoms with Gasteiger partial charge < -0.3 is 10.8 Å². The van der Waals surface area contributed by atoms with E-state index in [-0.39, 0.29) is 28.0 Å². The second-order valence-corrected chi connectivity index (χ2v) is 6.14. The Labute approximate surface area is 153 Å². The lowest BCUT2D eigenvalue weighted by atomic mass is 9.86.